The van der Waals surface area contributed by atoms with E-state index in [2.05, 4.69) is 24.2 Å². The number of amidine groups is 1. The quantitative estimate of drug-likeness (QED) is 0.826. The van der Waals surface area contributed by atoms with Gasteiger partial charge in [0.05, 0.1) is 6.04 Å². The van der Waals surface area contributed by atoms with Crippen LogP contribution in [-0.2, 0) is 0 Å². The number of anilines is 1. The third-order valence-electron chi connectivity index (χ3n) is 3.05. The highest BCUT2D eigenvalue weighted by molar-refractivity contribution is 8.14. The van der Waals surface area contributed by atoms with Crippen molar-refractivity contribution in [1.82, 2.24) is 0 Å². The maximum atomic E-state index is 6.10. The summed E-state index contributed by atoms with van der Waals surface area (Å²) in [7, 11) is 0. The molecule has 4 heteroatoms. The number of aliphatic imine (C=N–C) groups is 1. The van der Waals surface area contributed by atoms with Gasteiger partial charge in [-0.2, -0.15) is 0 Å². The van der Waals surface area contributed by atoms with E-state index in [1.165, 1.54) is 0 Å². The minimum absolute atomic E-state index is 0.389. The second kappa shape index (κ2) is 5.32. The lowest BCUT2D eigenvalue weighted by Crippen LogP contribution is -2.25. The molecule has 1 heterocycles. The molecule has 0 bridgehead atoms. The van der Waals surface area contributed by atoms with E-state index in [4.69, 9.17) is 11.6 Å². The molecule has 2 rings (SSSR count). The van der Waals surface area contributed by atoms with Crippen LogP contribution in [0.4, 0.5) is 5.69 Å². The molecule has 0 aromatic heterocycles. The molecule has 17 heavy (non-hydrogen) atoms. The number of hydrogen-bond donors (Lipinski definition) is 1. The Kier molecular flexibility index (Phi) is 4.00. The zero-order valence-corrected chi connectivity index (χ0v) is 11.9. The van der Waals surface area contributed by atoms with Gasteiger partial charge in [-0.3, -0.25) is 4.99 Å². The number of rotatable bonds is 1. The standard InChI is InChI=1S/C13H17ClN2S/c1-8-4-5-11(6-12(8)14)16-13-15-10(3)9(2)7-17-13/h4-6,9-10H,7H2,1-3H3,(H,15,16). The van der Waals surface area contributed by atoms with Crippen LogP contribution in [-0.4, -0.2) is 17.0 Å². The van der Waals surface area contributed by atoms with Gasteiger partial charge >= 0.3 is 0 Å². The van der Waals surface area contributed by atoms with Gasteiger partial charge in [0, 0.05) is 16.5 Å². The van der Waals surface area contributed by atoms with E-state index in [-0.39, 0.29) is 0 Å². The van der Waals surface area contributed by atoms with Crippen LogP contribution < -0.4 is 5.32 Å². The Bertz CT molecular complexity index is 445. The highest BCUT2D eigenvalue weighted by atomic mass is 35.5. The van der Waals surface area contributed by atoms with Crippen LogP contribution in [0.25, 0.3) is 0 Å². The number of thioether (sulfide) groups is 1. The molecule has 2 atom stereocenters. The summed E-state index contributed by atoms with van der Waals surface area (Å²) in [6, 6.07) is 6.39. The second-order valence-corrected chi connectivity index (χ2v) is 5.97. The van der Waals surface area contributed by atoms with Gasteiger partial charge in [0.15, 0.2) is 5.17 Å². The molecule has 0 aliphatic carbocycles. The van der Waals surface area contributed by atoms with Crippen molar-refractivity contribution < 1.29 is 0 Å². The number of nitrogens with zero attached hydrogens (tertiary/aromatic N) is 1. The first-order chi connectivity index (χ1) is 8.06. The maximum absolute atomic E-state index is 6.10. The molecule has 0 amide bonds. The Hall–Kier alpha value is -0.670. The van der Waals surface area contributed by atoms with E-state index in [1.807, 2.05) is 25.1 Å². The van der Waals surface area contributed by atoms with E-state index >= 15 is 0 Å². The third-order valence-corrected chi connectivity index (χ3v) is 4.63. The van der Waals surface area contributed by atoms with Crippen LogP contribution in [0.2, 0.25) is 5.02 Å². The van der Waals surface area contributed by atoms with Crippen molar-refractivity contribution in [3.05, 3.63) is 28.8 Å². The van der Waals surface area contributed by atoms with Gasteiger partial charge in [-0.15, -0.1) is 0 Å². The minimum atomic E-state index is 0.389. The smallest absolute Gasteiger partial charge is 0.161 e. The Morgan fingerprint density at radius 2 is 2.18 bits per heavy atom. The van der Waals surface area contributed by atoms with E-state index in [0.717, 1.165) is 27.2 Å². The highest BCUT2D eigenvalue weighted by Gasteiger charge is 2.19. The van der Waals surface area contributed by atoms with Crippen LogP contribution in [0.1, 0.15) is 19.4 Å². The van der Waals surface area contributed by atoms with Crippen LogP contribution >= 0.6 is 23.4 Å². The lowest BCUT2D eigenvalue weighted by atomic mass is 10.1. The van der Waals surface area contributed by atoms with Crippen molar-refractivity contribution in [2.24, 2.45) is 10.9 Å². The molecule has 1 aliphatic heterocycles. The number of nitrogens with one attached hydrogen (secondary N) is 1. The predicted octanol–water partition coefficient (Wildman–Crippen LogP) is 4.19. The molecule has 1 aromatic carbocycles. The molecular weight excluding hydrogens is 252 g/mol. The molecule has 92 valence electrons. The fourth-order valence-electron chi connectivity index (χ4n) is 1.56. The molecule has 1 N–H and O–H groups in total. The van der Waals surface area contributed by atoms with Gasteiger partial charge in [0.25, 0.3) is 0 Å². The summed E-state index contributed by atoms with van der Waals surface area (Å²) < 4.78 is 0. The van der Waals surface area contributed by atoms with Gasteiger partial charge in [-0.1, -0.05) is 36.4 Å². The van der Waals surface area contributed by atoms with E-state index in [0.29, 0.717) is 12.0 Å². The number of benzene rings is 1. The average molecular weight is 269 g/mol. The van der Waals surface area contributed by atoms with Crippen LogP contribution in [0.5, 0.6) is 0 Å². The fraction of sp³-hybridized carbons (Fsp3) is 0.462. The van der Waals surface area contributed by atoms with Crippen molar-refractivity contribution >= 4 is 34.2 Å². The summed E-state index contributed by atoms with van der Waals surface area (Å²) in [6.07, 6.45) is 0. The van der Waals surface area contributed by atoms with Crippen molar-refractivity contribution in [1.29, 1.82) is 0 Å². The average Bonchev–Trinajstić information content (AvgIpc) is 2.29. The molecule has 0 saturated carbocycles. The van der Waals surface area contributed by atoms with Crippen molar-refractivity contribution in [2.45, 2.75) is 26.8 Å². The third kappa shape index (κ3) is 3.17. The molecular formula is C13H17ClN2S. The van der Waals surface area contributed by atoms with Gasteiger partial charge < -0.3 is 5.32 Å². The van der Waals surface area contributed by atoms with Gasteiger partial charge in [0.2, 0.25) is 0 Å². The van der Waals surface area contributed by atoms with Gasteiger partial charge in [-0.25, -0.2) is 0 Å². The zero-order chi connectivity index (χ0) is 12.4. The van der Waals surface area contributed by atoms with Gasteiger partial charge in [0.1, 0.15) is 0 Å². The van der Waals surface area contributed by atoms with Crippen LogP contribution in [0.15, 0.2) is 23.2 Å². The molecule has 1 aliphatic rings. The van der Waals surface area contributed by atoms with E-state index in [9.17, 15) is 0 Å². The lowest BCUT2D eigenvalue weighted by Gasteiger charge is -2.23. The minimum Gasteiger partial charge on any atom is -0.335 e. The molecule has 1 aromatic rings. The van der Waals surface area contributed by atoms with Crippen molar-refractivity contribution in [3.8, 4) is 0 Å². The SMILES string of the molecule is Cc1ccc(NC2=NC(C)C(C)CS2)cc1Cl. The Morgan fingerprint density at radius 1 is 1.41 bits per heavy atom. The topological polar surface area (TPSA) is 24.4 Å². The van der Waals surface area contributed by atoms with Crippen LogP contribution in [0.3, 0.4) is 0 Å². The van der Waals surface area contributed by atoms with Gasteiger partial charge in [-0.05, 0) is 37.5 Å². The summed E-state index contributed by atoms with van der Waals surface area (Å²) in [5, 5.41) is 5.11. The fourth-order valence-corrected chi connectivity index (χ4v) is 2.87. The first-order valence-corrected chi connectivity index (χ1v) is 7.16. The first-order valence-electron chi connectivity index (χ1n) is 5.80. The molecule has 0 saturated heterocycles. The summed E-state index contributed by atoms with van der Waals surface area (Å²) in [5.41, 5.74) is 2.10. The molecule has 2 nitrogen and oxygen atoms in total. The predicted molar refractivity (Wildman–Crippen MR) is 78.3 cm³/mol. The molecule has 0 radical (unpaired) electrons. The Balaban J connectivity index is 2.11. The Labute approximate surface area is 112 Å². The summed E-state index contributed by atoms with van der Waals surface area (Å²) >= 11 is 7.87. The maximum Gasteiger partial charge on any atom is 0.161 e. The Morgan fingerprint density at radius 3 is 2.82 bits per heavy atom. The van der Waals surface area contributed by atoms with Crippen LogP contribution in [0, 0.1) is 12.8 Å². The monoisotopic (exact) mass is 268 g/mol. The number of aryl methyl sites for hydroxylation is 1. The lowest BCUT2D eigenvalue weighted by molar-refractivity contribution is 0.537. The summed E-state index contributed by atoms with van der Waals surface area (Å²) in [5.74, 6) is 1.76. The highest BCUT2D eigenvalue weighted by Crippen LogP contribution is 2.25. The molecule has 0 spiro atoms. The normalized spacial score (nSPS) is 24.4. The van der Waals surface area contributed by atoms with Crippen molar-refractivity contribution in [3.63, 3.8) is 0 Å². The zero-order valence-electron chi connectivity index (χ0n) is 10.3. The summed E-state index contributed by atoms with van der Waals surface area (Å²) in [6.45, 7) is 6.40. The largest absolute Gasteiger partial charge is 0.335 e. The first kappa shape index (κ1) is 12.8. The molecule has 0 fully saturated rings. The van der Waals surface area contributed by atoms with E-state index in [1.54, 1.807) is 11.8 Å². The van der Waals surface area contributed by atoms with E-state index < -0.39 is 0 Å². The summed E-state index contributed by atoms with van der Waals surface area (Å²) in [4.78, 5) is 4.64. The number of hydrogen-bond acceptors (Lipinski definition) is 3. The number of halogens is 1. The molecule has 2 unspecified atom stereocenters. The second-order valence-electron chi connectivity index (χ2n) is 4.55. The van der Waals surface area contributed by atoms with Crippen molar-refractivity contribution in [2.75, 3.05) is 11.1 Å².